The topological polar surface area (TPSA) is 109 Å². The fourth-order valence-electron chi connectivity index (χ4n) is 5.64. The number of imidazole rings is 1. The predicted octanol–water partition coefficient (Wildman–Crippen LogP) is 4.72. The predicted molar refractivity (Wildman–Crippen MR) is 141 cm³/mol. The van der Waals surface area contributed by atoms with Gasteiger partial charge in [-0.2, -0.15) is 10.2 Å². The first-order valence-corrected chi connectivity index (χ1v) is 13.8. The summed E-state index contributed by atoms with van der Waals surface area (Å²) < 4.78 is 54.3. The molecule has 0 aromatic carbocycles. The zero-order chi connectivity index (χ0) is 29.4. The Kier molecular flexibility index (Phi) is 7.68. The van der Waals surface area contributed by atoms with E-state index >= 15 is 0 Å². The Balaban J connectivity index is 0.000000365. The van der Waals surface area contributed by atoms with E-state index < -0.39 is 17.4 Å². The highest BCUT2D eigenvalue weighted by Crippen LogP contribution is 2.47. The molecule has 0 bridgehead atoms. The van der Waals surface area contributed by atoms with Crippen LogP contribution in [0, 0.1) is 0 Å². The van der Waals surface area contributed by atoms with Gasteiger partial charge in [0.05, 0.1) is 30.2 Å². The molecule has 3 aromatic heterocycles. The van der Waals surface area contributed by atoms with Crippen molar-refractivity contribution < 1.29 is 27.2 Å². The van der Waals surface area contributed by atoms with Gasteiger partial charge in [0.2, 0.25) is 5.92 Å². The lowest BCUT2D eigenvalue weighted by Gasteiger charge is -2.43. The lowest BCUT2D eigenvalue weighted by molar-refractivity contribution is -0.125. The summed E-state index contributed by atoms with van der Waals surface area (Å²) in [6, 6.07) is 3.17. The molecule has 3 fully saturated rings. The first kappa shape index (κ1) is 28.8. The third-order valence-electron chi connectivity index (χ3n) is 7.55. The number of hydrogen-bond acceptors (Lipinski definition) is 5. The van der Waals surface area contributed by atoms with Gasteiger partial charge >= 0.3 is 6.03 Å². The molecule has 0 unspecified atom stereocenters. The lowest BCUT2D eigenvalue weighted by atomic mass is 9.74. The van der Waals surface area contributed by atoms with Crippen LogP contribution < -0.4 is 10.6 Å². The lowest BCUT2D eigenvalue weighted by Crippen LogP contribution is -2.60. The second-order valence-electron chi connectivity index (χ2n) is 11.5. The van der Waals surface area contributed by atoms with Gasteiger partial charge in [-0.25, -0.2) is 31.9 Å². The monoisotopic (exact) mass is 578 g/mol. The molecule has 6 rings (SSSR count). The van der Waals surface area contributed by atoms with E-state index in [1.807, 2.05) is 13.8 Å². The Hall–Kier alpha value is -3.71. The highest BCUT2D eigenvalue weighted by molar-refractivity contribution is 5.92. The number of alkyl halides is 4. The van der Waals surface area contributed by atoms with Crippen molar-refractivity contribution in [1.82, 2.24) is 39.9 Å². The third-order valence-corrected chi connectivity index (χ3v) is 7.55. The summed E-state index contributed by atoms with van der Waals surface area (Å²) in [5, 5.41) is 14.0. The van der Waals surface area contributed by atoms with E-state index in [0.29, 0.717) is 29.9 Å². The van der Waals surface area contributed by atoms with E-state index in [1.165, 1.54) is 4.90 Å². The molecular weight excluding hydrogens is 544 g/mol. The van der Waals surface area contributed by atoms with Crippen LogP contribution >= 0.6 is 0 Å². The van der Waals surface area contributed by atoms with Crippen LogP contribution in [0.2, 0.25) is 0 Å². The van der Waals surface area contributed by atoms with Crippen LogP contribution in [0.3, 0.4) is 0 Å². The van der Waals surface area contributed by atoms with Crippen LogP contribution in [0.4, 0.5) is 22.4 Å². The van der Waals surface area contributed by atoms with Gasteiger partial charge in [-0.3, -0.25) is 9.48 Å². The Labute approximate surface area is 234 Å². The first-order valence-electron chi connectivity index (χ1n) is 13.8. The molecule has 3 aromatic rings. The summed E-state index contributed by atoms with van der Waals surface area (Å²) in [6.07, 6.45) is 6.93. The standard InChI is InChI=1S/C21H24F2N8O2.C6H10F2/c1-13(2)31-16(3-4-25-31)18(32)24-7-15-9-30-17(27-15)5-14(6-26-30)8-29-12-20(28-19(29)33)10-21(22,23)11-20;7-6(8)4-2-1-3-5-6/h3-6,9,13H,7-8,10-12H2,1-2H3,(H,24,32)(H,28,33);1-5H2. The van der Waals surface area contributed by atoms with Gasteiger partial charge in [-0.1, -0.05) is 6.42 Å². The molecule has 1 spiro atoms. The fraction of sp³-hybridized carbons (Fsp3) is 0.593. The van der Waals surface area contributed by atoms with Crippen molar-refractivity contribution in [2.75, 3.05) is 6.54 Å². The maximum Gasteiger partial charge on any atom is 0.318 e. The van der Waals surface area contributed by atoms with Crippen LogP contribution in [-0.2, 0) is 13.1 Å². The number of halogens is 4. The first-order chi connectivity index (χ1) is 19.3. The molecule has 14 heteroatoms. The molecule has 2 aliphatic carbocycles. The Bertz CT molecular complexity index is 1400. The number of carbonyl (C=O) groups excluding carboxylic acids is 2. The maximum atomic E-state index is 13.3. The van der Waals surface area contributed by atoms with Crippen molar-refractivity contribution in [2.24, 2.45) is 0 Å². The van der Waals surface area contributed by atoms with E-state index in [0.717, 1.165) is 12.0 Å². The number of rotatable bonds is 6. The number of aromatic nitrogens is 5. The molecule has 222 valence electrons. The molecule has 1 aliphatic heterocycles. The molecular formula is C27H34F4N8O2. The summed E-state index contributed by atoms with van der Waals surface area (Å²) in [5.41, 5.74) is 1.57. The normalized spacial score (nSPS) is 20.5. The van der Waals surface area contributed by atoms with E-state index in [2.05, 4.69) is 25.8 Å². The molecule has 0 atom stereocenters. The molecule has 2 saturated carbocycles. The number of urea groups is 1. The Morgan fingerprint density at radius 3 is 2.46 bits per heavy atom. The number of amides is 3. The van der Waals surface area contributed by atoms with Crippen LogP contribution in [-0.4, -0.2) is 65.1 Å². The van der Waals surface area contributed by atoms with Crippen molar-refractivity contribution in [2.45, 2.75) is 95.3 Å². The highest BCUT2D eigenvalue weighted by Gasteiger charge is 2.61. The number of nitrogens with one attached hydrogen (secondary N) is 2. The van der Waals surface area contributed by atoms with Crippen molar-refractivity contribution in [3.8, 4) is 0 Å². The maximum absolute atomic E-state index is 13.3. The van der Waals surface area contributed by atoms with E-state index in [4.69, 9.17) is 0 Å². The van der Waals surface area contributed by atoms with E-state index in [9.17, 15) is 27.2 Å². The molecule has 10 nitrogen and oxygen atoms in total. The molecule has 0 radical (unpaired) electrons. The minimum absolute atomic E-state index is 0.0620. The minimum atomic E-state index is -2.71. The van der Waals surface area contributed by atoms with Crippen LogP contribution in [0.25, 0.3) is 5.65 Å². The Morgan fingerprint density at radius 1 is 1.10 bits per heavy atom. The van der Waals surface area contributed by atoms with E-state index in [-0.39, 0.29) is 63.3 Å². The summed E-state index contributed by atoms with van der Waals surface area (Å²) in [5.74, 6) is -5.28. The van der Waals surface area contributed by atoms with Gasteiger partial charge in [-0.05, 0) is 44.4 Å². The van der Waals surface area contributed by atoms with Gasteiger partial charge in [0, 0.05) is 51.0 Å². The summed E-state index contributed by atoms with van der Waals surface area (Å²) in [4.78, 5) is 30.8. The molecule has 3 amide bonds. The summed E-state index contributed by atoms with van der Waals surface area (Å²) >= 11 is 0. The highest BCUT2D eigenvalue weighted by atomic mass is 19.3. The van der Waals surface area contributed by atoms with Gasteiger partial charge in [0.25, 0.3) is 11.8 Å². The SMILES string of the molecule is CC(C)n1nccc1C(=O)NCc1cn2ncc(CN3CC4(CC(F)(F)C4)NC3=O)cc2n1.FC1(F)CCCCC1. The van der Waals surface area contributed by atoms with E-state index in [1.54, 1.807) is 39.9 Å². The minimum Gasteiger partial charge on any atom is -0.345 e. The average Bonchev–Trinajstić information content (AvgIpc) is 3.59. The van der Waals surface area contributed by atoms with Gasteiger partial charge in [0.15, 0.2) is 5.65 Å². The smallest absolute Gasteiger partial charge is 0.318 e. The average molecular weight is 579 g/mol. The number of nitrogens with zero attached hydrogens (tertiary/aromatic N) is 6. The van der Waals surface area contributed by atoms with Crippen molar-refractivity contribution in [1.29, 1.82) is 0 Å². The second kappa shape index (κ2) is 10.9. The molecule has 2 N–H and O–H groups in total. The fourth-order valence-corrected chi connectivity index (χ4v) is 5.64. The van der Waals surface area contributed by atoms with Crippen molar-refractivity contribution in [3.05, 3.63) is 47.7 Å². The Morgan fingerprint density at radius 2 is 1.83 bits per heavy atom. The molecule has 4 heterocycles. The van der Waals surface area contributed by atoms with Crippen LogP contribution in [0.5, 0.6) is 0 Å². The zero-order valence-electron chi connectivity index (χ0n) is 23.0. The largest absolute Gasteiger partial charge is 0.345 e. The zero-order valence-corrected chi connectivity index (χ0v) is 23.0. The number of hydrogen-bond donors (Lipinski definition) is 2. The summed E-state index contributed by atoms with van der Waals surface area (Å²) in [7, 11) is 0. The van der Waals surface area contributed by atoms with Crippen molar-refractivity contribution in [3.63, 3.8) is 0 Å². The number of fused-ring (bicyclic) bond motifs is 1. The quantitative estimate of drug-likeness (QED) is 0.412. The van der Waals surface area contributed by atoms with Crippen molar-refractivity contribution >= 4 is 17.6 Å². The molecule has 3 aliphatic rings. The molecule has 41 heavy (non-hydrogen) atoms. The summed E-state index contributed by atoms with van der Waals surface area (Å²) in [6.45, 7) is 4.60. The molecule has 1 saturated heterocycles. The van der Waals surface area contributed by atoms with Gasteiger partial charge in [-0.15, -0.1) is 0 Å². The third kappa shape index (κ3) is 6.62. The van der Waals surface area contributed by atoms with Gasteiger partial charge in [0.1, 0.15) is 5.69 Å². The number of carbonyl (C=O) groups is 2. The van der Waals surface area contributed by atoms with Crippen LogP contribution in [0.1, 0.15) is 86.6 Å². The second-order valence-corrected chi connectivity index (χ2v) is 11.5. The van der Waals surface area contributed by atoms with Crippen LogP contribution in [0.15, 0.2) is 30.7 Å². The van der Waals surface area contributed by atoms with Gasteiger partial charge < -0.3 is 15.5 Å².